The van der Waals surface area contributed by atoms with Crippen molar-refractivity contribution in [3.8, 4) is 11.5 Å². The lowest BCUT2D eigenvalue weighted by molar-refractivity contribution is 0.321. The Hall–Kier alpha value is -3.29. The fourth-order valence-corrected chi connectivity index (χ4v) is 2.68. The summed E-state index contributed by atoms with van der Waals surface area (Å²) in [5.74, 6) is 3.28. The van der Waals surface area contributed by atoms with Crippen molar-refractivity contribution in [2.75, 3.05) is 33.4 Å². The van der Waals surface area contributed by atoms with E-state index in [4.69, 9.17) is 9.47 Å². The Kier molecular flexibility index (Phi) is 7.06. The van der Waals surface area contributed by atoms with Crippen LogP contribution in [0.1, 0.15) is 12.7 Å². The van der Waals surface area contributed by atoms with Gasteiger partial charge in [0.2, 0.25) is 0 Å². The Labute approximate surface area is 164 Å². The molecule has 148 valence electrons. The number of benzene rings is 1. The van der Waals surface area contributed by atoms with Gasteiger partial charge < -0.3 is 20.1 Å². The molecule has 0 unspecified atom stereocenters. The molecule has 0 bridgehead atoms. The van der Waals surface area contributed by atoms with Crippen LogP contribution in [0.2, 0.25) is 0 Å². The molecule has 8 heteroatoms. The van der Waals surface area contributed by atoms with Gasteiger partial charge in [0.15, 0.2) is 11.6 Å². The van der Waals surface area contributed by atoms with E-state index in [0.717, 1.165) is 35.5 Å². The zero-order valence-corrected chi connectivity index (χ0v) is 16.3. The molecule has 0 radical (unpaired) electrons. The Balaban J connectivity index is 1.45. The van der Waals surface area contributed by atoms with Crippen molar-refractivity contribution >= 4 is 11.6 Å². The fourth-order valence-electron chi connectivity index (χ4n) is 2.68. The smallest absolute Gasteiger partial charge is 0.191 e. The third kappa shape index (κ3) is 5.35. The number of hydrogen-bond donors (Lipinski definition) is 2. The second-order valence-corrected chi connectivity index (χ2v) is 6.01. The van der Waals surface area contributed by atoms with Crippen molar-refractivity contribution in [2.45, 2.75) is 13.3 Å². The van der Waals surface area contributed by atoms with Gasteiger partial charge in [-0.05, 0) is 43.3 Å². The highest BCUT2D eigenvalue weighted by Gasteiger charge is 2.04. The molecule has 0 aliphatic heterocycles. The third-order valence-electron chi connectivity index (χ3n) is 4.06. The van der Waals surface area contributed by atoms with Gasteiger partial charge >= 0.3 is 0 Å². The second kappa shape index (κ2) is 10.1. The molecule has 28 heavy (non-hydrogen) atoms. The highest BCUT2D eigenvalue weighted by molar-refractivity contribution is 5.79. The third-order valence-corrected chi connectivity index (χ3v) is 4.06. The van der Waals surface area contributed by atoms with Crippen LogP contribution in [-0.4, -0.2) is 53.9 Å². The number of ether oxygens (including phenoxy) is 2. The molecule has 0 aliphatic rings. The first kappa shape index (κ1) is 19.5. The van der Waals surface area contributed by atoms with E-state index in [-0.39, 0.29) is 0 Å². The number of methoxy groups -OCH3 is 1. The molecule has 0 saturated carbocycles. The monoisotopic (exact) mass is 382 g/mol. The van der Waals surface area contributed by atoms with Crippen LogP contribution in [0.25, 0.3) is 5.65 Å². The van der Waals surface area contributed by atoms with E-state index >= 15 is 0 Å². The number of nitrogens with one attached hydrogen (secondary N) is 2. The molecule has 2 N–H and O–H groups in total. The van der Waals surface area contributed by atoms with Crippen LogP contribution in [0.15, 0.2) is 53.7 Å². The number of nitrogens with zero attached hydrogens (tertiary/aromatic N) is 4. The van der Waals surface area contributed by atoms with Crippen molar-refractivity contribution in [3.05, 3.63) is 54.5 Å². The summed E-state index contributed by atoms with van der Waals surface area (Å²) in [6.45, 7) is 4.62. The van der Waals surface area contributed by atoms with Crippen LogP contribution in [0.5, 0.6) is 11.5 Å². The highest BCUT2D eigenvalue weighted by atomic mass is 16.5. The van der Waals surface area contributed by atoms with Gasteiger partial charge in [0.25, 0.3) is 0 Å². The van der Waals surface area contributed by atoms with Gasteiger partial charge in [-0.3, -0.25) is 9.39 Å². The minimum absolute atomic E-state index is 0.533. The Bertz CT molecular complexity index is 891. The van der Waals surface area contributed by atoms with Crippen molar-refractivity contribution in [3.63, 3.8) is 0 Å². The van der Waals surface area contributed by atoms with E-state index in [9.17, 15) is 0 Å². The molecular weight excluding hydrogens is 356 g/mol. The van der Waals surface area contributed by atoms with Crippen LogP contribution in [0.3, 0.4) is 0 Å². The predicted octanol–water partition coefficient (Wildman–Crippen LogP) is 1.91. The Morgan fingerprint density at radius 2 is 1.89 bits per heavy atom. The van der Waals surface area contributed by atoms with E-state index in [0.29, 0.717) is 26.1 Å². The summed E-state index contributed by atoms with van der Waals surface area (Å²) in [4.78, 5) is 4.60. The number of aromatic nitrogens is 3. The zero-order valence-electron chi connectivity index (χ0n) is 16.3. The number of guanidine groups is 1. The Morgan fingerprint density at radius 3 is 2.68 bits per heavy atom. The minimum Gasteiger partial charge on any atom is -0.497 e. The number of aliphatic imine (C=N–C) groups is 1. The summed E-state index contributed by atoms with van der Waals surface area (Å²) >= 11 is 0. The molecule has 0 spiro atoms. The molecule has 0 fully saturated rings. The van der Waals surface area contributed by atoms with Crippen LogP contribution in [0, 0.1) is 0 Å². The standard InChI is InChI=1S/C20H26N6O2/c1-3-21-20(23-13-15-28-17-9-7-16(27-2)8-10-17)22-12-11-19-25-24-18-6-4-5-14-26(18)19/h4-10,14H,3,11-13,15H2,1-2H3,(H2,21,22,23). The van der Waals surface area contributed by atoms with E-state index in [1.165, 1.54) is 0 Å². The first-order valence-electron chi connectivity index (χ1n) is 9.38. The van der Waals surface area contributed by atoms with Crippen LogP contribution in [0.4, 0.5) is 0 Å². The first-order valence-corrected chi connectivity index (χ1v) is 9.38. The van der Waals surface area contributed by atoms with Gasteiger partial charge in [0.1, 0.15) is 23.9 Å². The average molecular weight is 382 g/mol. The second-order valence-electron chi connectivity index (χ2n) is 6.01. The van der Waals surface area contributed by atoms with Gasteiger partial charge in [-0.15, -0.1) is 10.2 Å². The summed E-state index contributed by atoms with van der Waals surface area (Å²) in [6.07, 6.45) is 2.68. The quantitative estimate of drug-likeness (QED) is 0.334. The molecule has 0 atom stereocenters. The number of fused-ring (bicyclic) bond motifs is 1. The topological polar surface area (TPSA) is 85.1 Å². The number of pyridine rings is 1. The first-order chi connectivity index (χ1) is 13.8. The van der Waals surface area contributed by atoms with Crippen LogP contribution >= 0.6 is 0 Å². The molecule has 2 aromatic heterocycles. The normalized spacial score (nSPS) is 11.4. The highest BCUT2D eigenvalue weighted by Crippen LogP contribution is 2.16. The SMILES string of the molecule is CCNC(=NCCc1nnc2ccccn12)NCCOc1ccc(OC)cc1. The molecule has 3 rings (SSSR count). The maximum absolute atomic E-state index is 5.72. The van der Waals surface area contributed by atoms with Crippen molar-refractivity contribution in [2.24, 2.45) is 4.99 Å². The molecule has 2 heterocycles. The zero-order chi connectivity index (χ0) is 19.6. The van der Waals surface area contributed by atoms with Crippen LogP contribution in [-0.2, 0) is 6.42 Å². The maximum Gasteiger partial charge on any atom is 0.191 e. The summed E-state index contributed by atoms with van der Waals surface area (Å²) in [7, 11) is 1.65. The Morgan fingerprint density at radius 1 is 1.07 bits per heavy atom. The molecule has 0 amide bonds. The van der Waals surface area contributed by atoms with Gasteiger partial charge in [-0.2, -0.15) is 0 Å². The molecule has 8 nitrogen and oxygen atoms in total. The van der Waals surface area contributed by atoms with Crippen molar-refractivity contribution in [1.29, 1.82) is 0 Å². The van der Waals surface area contributed by atoms with Gasteiger partial charge in [0, 0.05) is 25.7 Å². The van der Waals surface area contributed by atoms with E-state index in [2.05, 4.69) is 25.8 Å². The molecule has 0 aliphatic carbocycles. The minimum atomic E-state index is 0.533. The summed E-state index contributed by atoms with van der Waals surface area (Å²) < 4.78 is 12.8. The largest absolute Gasteiger partial charge is 0.497 e. The molecule has 1 aromatic carbocycles. The molecule has 3 aromatic rings. The summed E-state index contributed by atoms with van der Waals surface area (Å²) in [5.41, 5.74) is 0.849. The number of rotatable bonds is 9. The predicted molar refractivity (Wildman–Crippen MR) is 109 cm³/mol. The van der Waals surface area contributed by atoms with E-state index < -0.39 is 0 Å². The summed E-state index contributed by atoms with van der Waals surface area (Å²) in [6, 6.07) is 13.4. The van der Waals surface area contributed by atoms with Gasteiger partial charge in [0.05, 0.1) is 13.7 Å². The lowest BCUT2D eigenvalue weighted by Crippen LogP contribution is -2.39. The lowest BCUT2D eigenvalue weighted by atomic mass is 10.3. The number of hydrogen-bond acceptors (Lipinski definition) is 5. The van der Waals surface area contributed by atoms with Crippen molar-refractivity contribution < 1.29 is 9.47 Å². The van der Waals surface area contributed by atoms with Gasteiger partial charge in [-0.1, -0.05) is 6.07 Å². The average Bonchev–Trinajstić information content (AvgIpc) is 3.15. The fraction of sp³-hybridized carbons (Fsp3) is 0.350. The van der Waals surface area contributed by atoms with Crippen molar-refractivity contribution in [1.82, 2.24) is 25.2 Å². The van der Waals surface area contributed by atoms with Crippen LogP contribution < -0.4 is 20.1 Å². The maximum atomic E-state index is 5.72. The lowest BCUT2D eigenvalue weighted by Gasteiger charge is -2.12. The van der Waals surface area contributed by atoms with Gasteiger partial charge in [-0.25, -0.2) is 0 Å². The van der Waals surface area contributed by atoms with E-state index in [1.54, 1.807) is 7.11 Å². The molecular formula is C20H26N6O2. The molecule has 0 saturated heterocycles. The summed E-state index contributed by atoms with van der Waals surface area (Å²) in [5, 5.41) is 14.9. The van der Waals surface area contributed by atoms with E-state index in [1.807, 2.05) is 60.0 Å².